The van der Waals surface area contributed by atoms with Gasteiger partial charge in [-0.15, -0.1) is 0 Å². The van der Waals surface area contributed by atoms with Crippen molar-refractivity contribution in [2.75, 3.05) is 36.8 Å². The molecule has 2 aromatic carbocycles. The van der Waals surface area contributed by atoms with E-state index in [1.807, 2.05) is 0 Å². The molecule has 1 aromatic heterocycles. The lowest BCUT2D eigenvalue weighted by molar-refractivity contribution is 0.0671. The van der Waals surface area contributed by atoms with Gasteiger partial charge in [0, 0.05) is 55.5 Å². The Bertz CT molecular complexity index is 1150. The third kappa shape index (κ3) is 5.51. The number of pyridine rings is 1. The van der Waals surface area contributed by atoms with E-state index in [0.717, 1.165) is 0 Å². The molecule has 1 aliphatic heterocycles. The average molecular weight is 447 g/mol. The first kappa shape index (κ1) is 21.9. The number of nitrogens with one attached hydrogen (secondary N) is 2. The van der Waals surface area contributed by atoms with Crippen LogP contribution in [0.1, 0.15) is 20.7 Å². The minimum atomic E-state index is -0.457. The van der Waals surface area contributed by atoms with Gasteiger partial charge in [-0.25, -0.2) is 9.18 Å². The van der Waals surface area contributed by atoms with Crippen LogP contribution in [0.25, 0.3) is 0 Å². The highest BCUT2D eigenvalue weighted by molar-refractivity contribution is 6.04. The molecule has 1 saturated heterocycles. The van der Waals surface area contributed by atoms with Crippen LogP contribution in [0, 0.1) is 5.82 Å². The van der Waals surface area contributed by atoms with Crippen molar-refractivity contribution in [1.82, 2.24) is 14.8 Å². The zero-order valence-electron chi connectivity index (χ0n) is 17.7. The van der Waals surface area contributed by atoms with Crippen LogP contribution in [0.3, 0.4) is 0 Å². The zero-order chi connectivity index (χ0) is 23.2. The van der Waals surface area contributed by atoms with Crippen LogP contribution in [0.2, 0.25) is 0 Å². The van der Waals surface area contributed by atoms with Crippen molar-refractivity contribution in [2.45, 2.75) is 0 Å². The van der Waals surface area contributed by atoms with Crippen molar-refractivity contribution in [3.05, 3.63) is 90.0 Å². The first-order valence-corrected chi connectivity index (χ1v) is 10.4. The molecule has 0 bridgehead atoms. The van der Waals surface area contributed by atoms with Gasteiger partial charge in [0.2, 0.25) is 0 Å². The zero-order valence-corrected chi connectivity index (χ0v) is 17.7. The van der Waals surface area contributed by atoms with Crippen molar-refractivity contribution in [3.63, 3.8) is 0 Å². The van der Waals surface area contributed by atoms with Crippen LogP contribution in [0.4, 0.5) is 20.6 Å². The van der Waals surface area contributed by atoms with E-state index in [2.05, 4.69) is 15.6 Å². The van der Waals surface area contributed by atoms with E-state index < -0.39 is 5.82 Å². The Kier molecular flexibility index (Phi) is 6.58. The molecule has 2 heterocycles. The molecule has 8 nitrogen and oxygen atoms in total. The van der Waals surface area contributed by atoms with Crippen molar-refractivity contribution in [2.24, 2.45) is 0 Å². The molecule has 2 N–H and O–H groups in total. The average Bonchev–Trinajstić information content (AvgIpc) is 2.85. The summed E-state index contributed by atoms with van der Waals surface area (Å²) in [7, 11) is 0. The first-order chi connectivity index (χ1) is 16.0. The Morgan fingerprint density at radius 1 is 0.788 bits per heavy atom. The lowest BCUT2D eigenvalue weighted by Crippen LogP contribution is -2.51. The van der Waals surface area contributed by atoms with Crippen LogP contribution in [-0.2, 0) is 0 Å². The number of rotatable bonds is 4. The number of carbonyl (C=O) groups is 3. The third-order valence-electron chi connectivity index (χ3n) is 5.24. The number of nitrogens with zero attached hydrogens (tertiary/aromatic N) is 3. The van der Waals surface area contributed by atoms with E-state index in [-0.39, 0.29) is 17.8 Å². The monoisotopic (exact) mass is 447 g/mol. The minimum Gasteiger partial charge on any atom is -0.335 e. The Hall–Kier alpha value is -4.27. The van der Waals surface area contributed by atoms with E-state index in [4.69, 9.17) is 0 Å². The fourth-order valence-electron chi connectivity index (χ4n) is 3.46. The van der Waals surface area contributed by atoms with Gasteiger partial charge in [0.05, 0.1) is 5.56 Å². The highest BCUT2D eigenvalue weighted by atomic mass is 19.1. The molecule has 1 fully saturated rings. The predicted molar refractivity (Wildman–Crippen MR) is 122 cm³/mol. The Morgan fingerprint density at radius 3 is 2.06 bits per heavy atom. The normalized spacial score (nSPS) is 13.4. The number of carbonyl (C=O) groups excluding carboxylic acids is 3. The maximum Gasteiger partial charge on any atom is 0.321 e. The van der Waals surface area contributed by atoms with Gasteiger partial charge < -0.3 is 20.4 Å². The fourth-order valence-corrected chi connectivity index (χ4v) is 3.46. The quantitative estimate of drug-likeness (QED) is 0.640. The predicted octanol–water partition coefficient (Wildman–Crippen LogP) is 3.46. The molecule has 3 aromatic rings. The van der Waals surface area contributed by atoms with Gasteiger partial charge >= 0.3 is 6.03 Å². The molecule has 33 heavy (non-hydrogen) atoms. The van der Waals surface area contributed by atoms with Gasteiger partial charge in [-0.1, -0.05) is 6.07 Å². The van der Waals surface area contributed by atoms with Crippen LogP contribution in [-0.4, -0.2) is 58.8 Å². The number of hydrogen-bond acceptors (Lipinski definition) is 4. The van der Waals surface area contributed by atoms with Gasteiger partial charge in [-0.3, -0.25) is 14.6 Å². The molecule has 0 atom stereocenters. The molecule has 0 saturated carbocycles. The number of halogens is 1. The van der Waals surface area contributed by atoms with Crippen LogP contribution in [0.15, 0.2) is 73.1 Å². The van der Waals surface area contributed by atoms with Crippen LogP contribution < -0.4 is 10.6 Å². The van der Waals surface area contributed by atoms with E-state index in [1.165, 1.54) is 24.4 Å². The molecule has 168 valence electrons. The van der Waals surface area contributed by atoms with Gasteiger partial charge in [0.15, 0.2) is 0 Å². The maximum atomic E-state index is 13.4. The maximum absolute atomic E-state index is 13.4. The summed E-state index contributed by atoms with van der Waals surface area (Å²) < 4.78 is 13.4. The van der Waals surface area contributed by atoms with Gasteiger partial charge in [0.1, 0.15) is 5.82 Å². The molecule has 4 rings (SSSR count). The Morgan fingerprint density at radius 2 is 1.42 bits per heavy atom. The highest BCUT2D eigenvalue weighted by Gasteiger charge is 2.25. The van der Waals surface area contributed by atoms with E-state index in [0.29, 0.717) is 48.7 Å². The van der Waals surface area contributed by atoms with Crippen LogP contribution in [0.5, 0.6) is 0 Å². The summed E-state index contributed by atoms with van der Waals surface area (Å²) in [5.74, 6) is -0.981. The Balaban J connectivity index is 1.27. The summed E-state index contributed by atoms with van der Waals surface area (Å²) in [4.78, 5) is 44.5. The molecule has 9 heteroatoms. The molecule has 0 aliphatic carbocycles. The summed E-state index contributed by atoms with van der Waals surface area (Å²) in [5, 5.41) is 5.59. The second-order valence-corrected chi connectivity index (χ2v) is 7.49. The minimum absolute atomic E-state index is 0.251. The lowest BCUT2D eigenvalue weighted by Gasteiger charge is -2.34. The second kappa shape index (κ2) is 9.90. The number of anilines is 2. The lowest BCUT2D eigenvalue weighted by atomic mass is 10.2. The SMILES string of the molecule is O=C(Nc1ccc(NC(=O)N2CCN(C(=O)c3cccc(F)c3)CC2)cc1)c1cccnc1. The summed E-state index contributed by atoms with van der Waals surface area (Å²) in [6, 6.07) is 15.4. The van der Waals surface area contributed by atoms with Gasteiger partial charge in [-0.05, 0) is 54.6 Å². The summed E-state index contributed by atoms with van der Waals surface area (Å²) in [6.45, 7) is 1.46. The second-order valence-electron chi connectivity index (χ2n) is 7.49. The first-order valence-electron chi connectivity index (χ1n) is 10.4. The topological polar surface area (TPSA) is 94.6 Å². The van der Waals surface area contributed by atoms with E-state index in [1.54, 1.807) is 58.5 Å². The van der Waals surface area contributed by atoms with Crippen molar-refractivity contribution < 1.29 is 18.8 Å². The van der Waals surface area contributed by atoms with Crippen LogP contribution >= 0.6 is 0 Å². The Labute approximate surface area is 190 Å². The van der Waals surface area contributed by atoms with Crippen molar-refractivity contribution >= 4 is 29.2 Å². The molecule has 0 spiro atoms. The molecule has 4 amide bonds. The molecular weight excluding hydrogens is 425 g/mol. The highest BCUT2D eigenvalue weighted by Crippen LogP contribution is 2.16. The number of aromatic nitrogens is 1. The molecule has 0 unspecified atom stereocenters. The molecule has 1 aliphatic rings. The number of urea groups is 1. The number of benzene rings is 2. The number of piperazine rings is 1. The van der Waals surface area contributed by atoms with E-state index in [9.17, 15) is 18.8 Å². The number of amides is 4. The largest absolute Gasteiger partial charge is 0.335 e. The summed E-state index contributed by atoms with van der Waals surface area (Å²) >= 11 is 0. The van der Waals surface area contributed by atoms with Crippen molar-refractivity contribution in [1.29, 1.82) is 0 Å². The third-order valence-corrected chi connectivity index (χ3v) is 5.24. The van der Waals surface area contributed by atoms with Gasteiger partial charge in [-0.2, -0.15) is 0 Å². The van der Waals surface area contributed by atoms with Gasteiger partial charge in [0.25, 0.3) is 11.8 Å². The van der Waals surface area contributed by atoms with E-state index >= 15 is 0 Å². The smallest absolute Gasteiger partial charge is 0.321 e. The van der Waals surface area contributed by atoms with Crippen molar-refractivity contribution in [3.8, 4) is 0 Å². The summed E-state index contributed by atoms with van der Waals surface area (Å²) in [5.41, 5.74) is 1.91. The molecule has 0 radical (unpaired) electrons. The standard InChI is InChI=1S/C24H22FN5O3/c25-19-5-1-3-17(15-19)23(32)29-11-13-30(14-12-29)24(33)28-21-8-6-20(7-9-21)27-22(31)18-4-2-10-26-16-18/h1-10,15-16H,11-14H2,(H,27,31)(H,28,33). The fraction of sp³-hybridized carbons (Fsp3) is 0.167. The molecular formula is C24H22FN5O3. The summed E-state index contributed by atoms with van der Waals surface area (Å²) in [6.07, 6.45) is 3.08. The number of hydrogen-bond donors (Lipinski definition) is 2.